The standard InChI is InChI=1S/C13H11N3OS/c1-16-8-9(7-14-16)11(17)6-13-15-10-4-2-3-5-12(10)18-13/h2-5,7-8H,6H2,1H3. The van der Waals surface area contributed by atoms with Gasteiger partial charge in [-0.3, -0.25) is 9.48 Å². The van der Waals surface area contributed by atoms with Crippen molar-refractivity contribution < 1.29 is 4.79 Å². The summed E-state index contributed by atoms with van der Waals surface area (Å²) in [4.78, 5) is 16.5. The number of nitrogens with zero attached hydrogens (tertiary/aromatic N) is 3. The van der Waals surface area contributed by atoms with Gasteiger partial charge in [-0.2, -0.15) is 5.10 Å². The van der Waals surface area contributed by atoms with Crippen LogP contribution < -0.4 is 0 Å². The van der Waals surface area contributed by atoms with Gasteiger partial charge in [-0.15, -0.1) is 11.3 Å². The molecule has 5 heteroatoms. The van der Waals surface area contributed by atoms with Gasteiger partial charge in [0.25, 0.3) is 0 Å². The highest BCUT2D eigenvalue weighted by molar-refractivity contribution is 7.18. The van der Waals surface area contributed by atoms with Crippen LogP contribution in [0.15, 0.2) is 36.7 Å². The Labute approximate surface area is 108 Å². The molecule has 90 valence electrons. The number of aryl methyl sites for hydroxylation is 1. The lowest BCUT2D eigenvalue weighted by molar-refractivity contribution is 0.0993. The van der Waals surface area contributed by atoms with Crippen molar-refractivity contribution in [2.24, 2.45) is 7.05 Å². The lowest BCUT2D eigenvalue weighted by atomic mass is 10.2. The van der Waals surface area contributed by atoms with Crippen LogP contribution in [0.1, 0.15) is 15.4 Å². The van der Waals surface area contributed by atoms with Crippen molar-refractivity contribution >= 4 is 27.3 Å². The molecule has 0 aliphatic heterocycles. The first kappa shape index (κ1) is 11.1. The second-order valence-electron chi connectivity index (χ2n) is 4.08. The van der Waals surface area contributed by atoms with Crippen molar-refractivity contribution in [1.82, 2.24) is 14.8 Å². The number of benzene rings is 1. The molecule has 0 unspecified atom stereocenters. The Morgan fingerprint density at radius 2 is 2.22 bits per heavy atom. The van der Waals surface area contributed by atoms with Gasteiger partial charge in [-0.25, -0.2) is 4.98 Å². The van der Waals surface area contributed by atoms with Crippen molar-refractivity contribution in [3.05, 3.63) is 47.2 Å². The zero-order valence-electron chi connectivity index (χ0n) is 9.83. The lowest BCUT2D eigenvalue weighted by Crippen LogP contribution is -2.01. The molecule has 0 amide bonds. The van der Waals surface area contributed by atoms with Crippen molar-refractivity contribution in [2.45, 2.75) is 6.42 Å². The molecule has 18 heavy (non-hydrogen) atoms. The van der Waals surface area contributed by atoms with E-state index in [2.05, 4.69) is 10.1 Å². The Morgan fingerprint density at radius 3 is 2.94 bits per heavy atom. The van der Waals surface area contributed by atoms with E-state index in [1.807, 2.05) is 24.3 Å². The molecule has 3 aromatic rings. The van der Waals surface area contributed by atoms with Gasteiger partial charge in [0.15, 0.2) is 5.78 Å². The van der Waals surface area contributed by atoms with Gasteiger partial charge in [0, 0.05) is 13.2 Å². The van der Waals surface area contributed by atoms with Crippen LogP contribution in [0.3, 0.4) is 0 Å². The van der Waals surface area contributed by atoms with Crippen molar-refractivity contribution in [2.75, 3.05) is 0 Å². The number of hydrogen-bond donors (Lipinski definition) is 0. The van der Waals surface area contributed by atoms with Crippen LogP contribution in [0.5, 0.6) is 0 Å². The topological polar surface area (TPSA) is 47.8 Å². The van der Waals surface area contributed by atoms with Crippen molar-refractivity contribution in [3.8, 4) is 0 Å². The number of hydrogen-bond acceptors (Lipinski definition) is 4. The van der Waals surface area contributed by atoms with Gasteiger partial charge in [-0.1, -0.05) is 12.1 Å². The number of ketones is 1. The van der Waals surface area contributed by atoms with Crippen LogP contribution in [0.2, 0.25) is 0 Å². The molecule has 0 fully saturated rings. The van der Waals surface area contributed by atoms with E-state index in [-0.39, 0.29) is 5.78 Å². The molecule has 0 saturated heterocycles. The highest BCUT2D eigenvalue weighted by atomic mass is 32.1. The number of rotatable bonds is 3. The second kappa shape index (κ2) is 4.34. The molecule has 0 N–H and O–H groups in total. The molecule has 0 radical (unpaired) electrons. The second-order valence-corrected chi connectivity index (χ2v) is 5.19. The van der Waals surface area contributed by atoms with E-state index < -0.39 is 0 Å². The van der Waals surface area contributed by atoms with E-state index in [0.717, 1.165) is 15.2 Å². The van der Waals surface area contributed by atoms with E-state index in [9.17, 15) is 4.79 Å². The predicted molar refractivity (Wildman–Crippen MR) is 70.9 cm³/mol. The molecule has 3 rings (SSSR count). The Bertz CT molecular complexity index is 681. The first-order valence-corrected chi connectivity index (χ1v) is 6.40. The molecule has 2 heterocycles. The van der Waals surface area contributed by atoms with Gasteiger partial charge in [0.2, 0.25) is 0 Å². The van der Waals surface area contributed by atoms with Crippen LogP contribution >= 0.6 is 11.3 Å². The molecular weight excluding hydrogens is 246 g/mol. The van der Waals surface area contributed by atoms with Gasteiger partial charge >= 0.3 is 0 Å². The first-order chi connectivity index (χ1) is 8.72. The molecule has 0 saturated carbocycles. The SMILES string of the molecule is Cn1cc(C(=O)Cc2nc3ccccc3s2)cn1. The largest absolute Gasteiger partial charge is 0.294 e. The van der Waals surface area contributed by atoms with Gasteiger partial charge in [0.1, 0.15) is 5.01 Å². The maximum Gasteiger partial charge on any atom is 0.172 e. The van der Waals surface area contributed by atoms with Crippen molar-refractivity contribution in [3.63, 3.8) is 0 Å². The molecule has 0 aliphatic rings. The summed E-state index contributed by atoms with van der Waals surface area (Å²) >= 11 is 1.57. The Hall–Kier alpha value is -2.01. The summed E-state index contributed by atoms with van der Waals surface area (Å²) in [5.74, 6) is 0.0576. The quantitative estimate of drug-likeness (QED) is 0.677. The minimum absolute atomic E-state index is 0.0576. The summed E-state index contributed by atoms with van der Waals surface area (Å²) in [6, 6.07) is 7.91. The zero-order valence-corrected chi connectivity index (χ0v) is 10.6. The molecule has 2 aromatic heterocycles. The summed E-state index contributed by atoms with van der Waals surface area (Å²) in [6.07, 6.45) is 3.66. The van der Waals surface area contributed by atoms with Crippen molar-refractivity contribution in [1.29, 1.82) is 0 Å². The number of thiazole rings is 1. The summed E-state index contributed by atoms with van der Waals surface area (Å²) in [5, 5.41) is 4.85. The minimum Gasteiger partial charge on any atom is -0.294 e. The first-order valence-electron chi connectivity index (χ1n) is 5.59. The van der Waals surface area contributed by atoms with E-state index in [4.69, 9.17) is 0 Å². The fourth-order valence-electron chi connectivity index (χ4n) is 1.80. The van der Waals surface area contributed by atoms with Crippen LogP contribution in [0, 0.1) is 0 Å². The zero-order chi connectivity index (χ0) is 12.5. The van der Waals surface area contributed by atoms with E-state index in [1.54, 1.807) is 35.5 Å². The number of aromatic nitrogens is 3. The van der Waals surface area contributed by atoms with Gasteiger partial charge in [0.05, 0.1) is 28.4 Å². The average Bonchev–Trinajstić information content (AvgIpc) is 2.94. The molecular formula is C13H11N3OS. The third kappa shape index (κ3) is 2.04. The number of para-hydroxylation sites is 1. The average molecular weight is 257 g/mol. The number of carbonyl (C=O) groups excluding carboxylic acids is 1. The molecule has 0 atom stereocenters. The summed E-state index contributed by atoms with van der Waals surface area (Å²) < 4.78 is 2.75. The highest BCUT2D eigenvalue weighted by Crippen LogP contribution is 2.22. The number of carbonyl (C=O) groups is 1. The predicted octanol–water partition coefficient (Wildman–Crippen LogP) is 2.46. The smallest absolute Gasteiger partial charge is 0.172 e. The normalized spacial score (nSPS) is 10.9. The van der Waals surface area contributed by atoms with Crippen LogP contribution in [0.4, 0.5) is 0 Å². The summed E-state index contributed by atoms with van der Waals surface area (Å²) in [7, 11) is 1.80. The molecule has 4 nitrogen and oxygen atoms in total. The molecule has 0 bridgehead atoms. The van der Waals surface area contributed by atoms with Gasteiger partial charge in [-0.05, 0) is 12.1 Å². The fraction of sp³-hybridized carbons (Fsp3) is 0.154. The Morgan fingerprint density at radius 1 is 1.39 bits per heavy atom. The van der Waals surface area contributed by atoms with Crippen LogP contribution in [-0.2, 0) is 13.5 Å². The number of fused-ring (bicyclic) bond motifs is 1. The summed E-state index contributed by atoms with van der Waals surface area (Å²) in [6.45, 7) is 0. The van der Waals surface area contributed by atoms with E-state index in [0.29, 0.717) is 12.0 Å². The van der Waals surface area contributed by atoms with E-state index >= 15 is 0 Å². The lowest BCUT2D eigenvalue weighted by Gasteiger charge is -1.92. The Kier molecular flexibility index (Phi) is 2.68. The molecule has 0 aliphatic carbocycles. The fourth-order valence-corrected chi connectivity index (χ4v) is 2.77. The Balaban J connectivity index is 1.86. The maximum atomic E-state index is 12.0. The van der Waals surface area contributed by atoms with E-state index in [1.165, 1.54) is 0 Å². The van der Waals surface area contributed by atoms with Gasteiger partial charge < -0.3 is 0 Å². The maximum absolute atomic E-state index is 12.0. The molecule has 0 spiro atoms. The minimum atomic E-state index is 0.0576. The highest BCUT2D eigenvalue weighted by Gasteiger charge is 2.12. The van der Waals surface area contributed by atoms with Crippen LogP contribution in [-0.4, -0.2) is 20.5 Å². The van der Waals surface area contributed by atoms with Crippen LogP contribution in [0.25, 0.3) is 10.2 Å². The summed E-state index contributed by atoms with van der Waals surface area (Å²) in [5.41, 5.74) is 1.59. The third-order valence-electron chi connectivity index (χ3n) is 2.68. The molecule has 1 aromatic carbocycles. The monoisotopic (exact) mass is 257 g/mol. The third-order valence-corrected chi connectivity index (χ3v) is 3.71. The number of Topliss-reactive ketones (excluding diaryl/α,β-unsaturated/α-hetero) is 1.